The van der Waals surface area contributed by atoms with E-state index in [-0.39, 0.29) is 0 Å². The zero-order chi connectivity index (χ0) is 37.0. The highest BCUT2D eigenvalue weighted by Gasteiger charge is 2.21. The van der Waals surface area contributed by atoms with E-state index in [1.165, 1.54) is 88.1 Å². The zero-order valence-corrected chi connectivity index (χ0v) is 30.7. The Morgan fingerprint density at radius 3 is 1.07 bits per heavy atom. The molecule has 0 N–H and O–H groups in total. The Morgan fingerprint density at radius 2 is 0.607 bits per heavy atom. The van der Waals surface area contributed by atoms with E-state index in [9.17, 15) is 0 Å². The van der Waals surface area contributed by atoms with Crippen LogP contribution < -0.4 is 0 Å². The molecule has 0 fully saturated rings. The van der Waals surface area contributed by atoms with Crippen molar-refractivity contribution in [2.45, 2.75) is 0 Å². The van der Waals surface area contributed by atoms with Crippen LogP contribution in [0.1, 0.15) is 0 Å². The summed E-state index contributed by atoms with van der Waals surface area (Å²) in [6.07, 6.45) is 0. The Morgan fingerprint density at radius 1 is 0.232 bits per heavy atom. The fourth-order valence-corrected chi connectivity index (χ4v) is 8.80. The number of hydrogen-bond acceptors (Lipinski definition) is 0. The fourth-order valence-electron chi connectivity index (χ4n) is 8.80. The molecule has 0 saturated carbocycles. The van der Waals surface area contributed by atoms with Gasteiger partial charge in [0.1, 0.15) is 0 Å². The molecule has 0 bridgehead atoms. The minimum atomic E-state index is 1.15. The van der Waals surface area contributed by atoms with Crippen molar-refractivity contribution in [3.05, 3.63) is 218 Å². The van der Waals surface area contributed by atoms with Gasteiger partial charge in [0.15, 0.2) is 0 Å². The maximum absolute atomic E-state index is 2.41. The number of fused-ring (bicyclic) bond motifs is 6. The highest BCUT2D eigenvalue weighted by molar-refractivity contribution is 6.12. The van der Waals surface area contributed by atoms with Gasteiger partial charge in [0, 0.05) is 32.9 Å². The highest BCUT2D eigenvalue weighted by atomic mass is 15.0. The van der Waals surface area contributed by atoms with Gasteiger partial charge in [-0.05, 0) is 105 Å². The van der Waals surface area contributed by atoms with E-state index in [0.29, 0.717) is 0 Å². The molecule has 11 rings (SSSR count). The molecular formula is C54H36N2. The van der Waals surface area contributed by atoms with Crippen molar-refractivity contribution in [1.29, 1.82) is 0 Å². The van der Waals surface area contributed by atoms with E-state index >= 15 is 0 Å². The SMILES string of the molecule is c1ccc(-c2cc(-c3ccc4c5ccccc5n(-c5ccccc5)c4c3)c(-c3ccccc3)c(-c3ccc4c5ccccc5n(-c5ccccc5)c4c3)c2)cc1. The minimum Gasteiger partial charge on any atom is -0.309 e. The summed E-state index contributed by atoms with van der Waals surface area (Å²) in [7, 11) is 0. The normalized spacial score (nSPS) is 11.6. The predicted octanol–water partition coefficient (Wildman–Crippen LogP) is 14.5. The third-order valence-electron chi connectivity index (χ3n) is 11.3. The van der Waals surface area contributed by atoms with Gasteiger partial charge in [0.2, 0.25) is 0 Å². The molecule has 0 amide bonds. The first-order chi connectivity index (χ1) is 27.8. The molecule has 0 unspecified atom stereocenters. The maximum Gasteiger partial charge on any atom is 0.0547 e. The molecule has 0 aliphatic rings. The fraction of sp³-hybridized carbons (Fsp3) is 0. The number of para-hydroxylation sites is 4. The average Bonchev–Trinajstić information content (AvgIpc) is 3.79. The lowest BCUT2D eigenvalue weighted by molar-refractivity contribution is 1.18. The minimum absolute atomic E-state index is 1.15. The number of benzene rings is 9. The van der Waals surface area contributed by atoms with Crippen LogP contribution in [0.5, 0.6) is 0 Å². The third kappa shape index (κ3) is 5.19. The Balaban J connectivity index is 1.24. The maximum atomic E-state index is 2.41. The first-order valence-corrected chi connectivity index (χ1v) is 19.3. The summed E-state index contributed by atoms with van der Waals surface area (Å²) in [6.45, 7) is 0. The van der Waals surface area contributed by atoms with Crippen molar-refractivity contribution in [1.82, 2.24) is 9.13 Å². The summed E-state index contributed by atoms with van der Waals surface area (Å²) in [4.78, 5) is 0. The van der Waals surface area contributed by atoms with Gasteiger partial charge < -0.3 is 9.13 Å². The van der Waals surface area contributed by atoms with Gasteiger partial charge in [-0.25, -0.2) is 0 Å². The molecule has 2 heterocycles. The van der Waals surface area contributed by atoms with E-state index in [2.05, 4.69) is 228 Å². The lowest BCUT2D eigenvalue weighted by Crippen LogP contribution is -1.96. The lowest BCUT2D eigenvalue weighted by Gasteiger charge is -2.20. The van der Waals surface area contributed by atoms with Crippen LogP contribution in [-0.4, -0.2) is 9.13 Å². The van der Waals surface area contributed by atoms with E-state index < -0.39 is 0 Å². The van der Waals surface area contributed by atoms with Crippen LogP contribution in [0.2, 0.25) is 0 Å². The van der Waals surface area contributed by atoms with Crippen molar-refractivity contribution >= 4 is 43.6 Å². The van der Waals surface area contributed by atoms with Crippen molar-refractivity contribution in [3.8, 4) is 55.9 Å². The largest absolute Gasteiger partial charge is 0.309 e. The van der Waals surface area contributed by atoms with Crippen molar-refractivity contribution in [2.24, 2.45) is 0 Å². The Kier molecular flexibility index (Phi) is 7.53. The van der Waals surface area contributed by atoms with Crippen molar-refractivity contribution in [3.63, 3.8) is 0 Å². The summed E-state index contributed by atoms with van der Waals surface area (Å²) in [5, 5.41) is 4.99. The third-order valence-corrected chi connectivity index (χ3v) is 11.3. The Bertz CT molecular complexity index is 3030. The van der Waals surface area contributed by atoms with Crippen molar-refractivity contribution in [2.75, 3.05) is 0 Å². The topological polar surface area (TPSA) is 9.86 Å². The van der Waals surface area contributed by atoms with Crippen LogP contribution in [0, 0.1) is 0 Å². The molecule has 2 heteroatoms. The summed E-state index contributed by atoms with van der Waals surface area (Å²) >= 11 is 0. The van der Waals surface area contributed by atoms with Gasteiger partial charge in [-0.1, -0.05) is 158 Å². The van der Waals surface area contributed by atoms with Crippen LogP contribution in [0.3, 0.4) is 0 Å². The summed E-state index contributed by atoms with van der Waals surface area (Å²) < 4.78 is 4.82. The molecule has 0 aliphatic carbocycles. The molecule has 0 aliphatic heterocycles. The molecule has 262 valence electrons. The van der Waals surface area contributed by atoms with Crippen LogP contribution in [0.15, 0.2) is 218 Å². The molecule has 11 aromatic rings. The van der Waals surface area contributed by atoms with Gasteiger partial charge >= 0.3 is 0 Å². The molecule has 56 heavy (non-hydrogen) atoms. The van der Waals surface area contributed by atoms with Crippen molar-refractivity contribution < 1.29 is 0 Å². The van der Waals surface area contributed by atoms with Crippen LogP contribution in [-0.2, 0) is 0 Å². The van der Waals surface area contributed by atoms with Gasteiger partial charge in [0.05, 0.1) is 22.1 Å². The van der Waals surface area contributed by atoms with E-state index in [1.54, 1.807) is 0 Å². The van der Waals surface area contributed by atoms with Crippen LogP contribution in [0.4, 0.5) is 0 Å². The number of nitrogens with zero attached hydrogens (tertiary/aromatic N) is 2. The zero-order valence-electron chi connectivity index (χ0n) is 30.7. The molecule has 9 aromatic carbocycles. The van der Waals surface area contributed by atoms with Gasteiger partial charge in [-0.3, -0.25) is 0 Å². The standard InChI is InChI=1S/C54H36N2/c1-5-17-37(18-6-1)41-33-48(39-29-31-46-44-25-13-15-27-50(44)55(52(46)35-39)42-21-9-3-10-22-42)54(38-19-7-2-8-20-38)49(34-41)40-30-32-47-45-26-14-16-28-51(45)56(53(47)36-40)43-23-11-4-12-24-43/h1-36H. The molecule has 0 atom stereocenters. The number of rotatable bonds is 6. The second-order valence-electron chi connectivity index (χ2n) is 14.5. The average molecular weight is 713 g/mol. The van der Waals surface area contributed by atoms with E-state index in [4.69, 9.17) is 0 Å². The Hall–Kier alpha value is -7.42. The second kappa shape index (κ2) is 13.2. The summed E-state index contributed by atoms with van der Waals surface area (Å²) in [5.74, 6) is 0. The highest BCUT2D eigenvalue weighted by Crippen LogP contribution is 2.46. The second-order valence-corrected chi connectivity index (χ2v) is 14.5. The predicted molar refractivity (Wildman–Crippen MR) is 237 cm³/mol. The molecular weight excluding hydrogens is 677 g/mol. The van der Waals surface area contributed by atoms with E-state index in [0.717, 1.165) is 11.4 Å². The smallest absolute Gasteiger partial charge is 0.0547 e. The van der Waals surface area contributed by atoms with Gasteiger partial charge in [0.25, 0.3) is 0 Å². The molecule has 0 spiro atoms. The van der Waals surface area contributed by atoms with E-state index in [1.807, 2.05) is 0 Å². The monoisotopic (exact) mass is 712 g/mol. The first-order valence-electron chi connectivity index (χ1n) is 19.3. The Labute approximate surface area is 325 Å². The molecule has 2 aromatic heterocycles. The number of hydrogen-bond donors (Lipinski definition) is 0. The molecule has 0 saturated heterocycles. The van der Waals surface area contributed by atoms with Crippen LogP contribution in [0.25, 0.3) is 99.5 Å². The van der Waals surface area contributed by atoms with Crippen LogP contribution >= 0.6 is 0 Å². The van der Waals surface area contributed by atoms with Gasteiger partial charge in [-0.2, -0.15) is 0 Å². The quantitative estimate of drug-likeness (QED) is 0.162. The number of aromatic nitrogens is 2. The molecule has 2 nitrogen and oxygen atoms in total. The summed E-state index contributed by atoms with van der Waals surface area (Å²) in [6, 6.07) is 79.6. The summed E-state index contributed by atoms with van der Waals surface area (Å²) in [5.41, 5.74) is 16.6. The molecule has 0 radical (unpaired) electrons. The lowest BCUT2D eigenvalue weighted by atomic mass is 9.84. The first kappa shape index (κ1) is 32.0. The van der Waals surface area contributed by atoms with Gasteiger partial charge in [-0.15, -0.1) is 0 Å².